The Morgan fingerprint density at radius 1 is 0.861 bits per heavy atom. The van der Waals surface area contributed by atoms with Gasteiger partial charge in [-0.1, -0.05) is 94.2 Å². The van der Waals surface area contributed by atoms with Crippen molar-refractivity contribution in [3.8, 4) is 22.6 Å². The molecule has 0 fully saturated rings. The zero-order chi connectivity index (χ0) is 25.6. The minimum absolute atomic E-state index is 0.0538. The van der Waals surface area contributed by atoms with Gasteiger partial charge in [0.2, 0.25) is 0 Å². The molecule has 0 bridgehead atoms. The lowest BCUT2D eigenvalue weighted by Gasteiger charge is -2.26. The van der Waals surface area contributed by atoms with Crippen LogP contribution in [0.25, 0.3) is 38.5 Å². The quantitative estimate of drug-likeness (QED) is 0.239. The zero-order valence-electron chi connectivity index (χ0n) is 22.1. The number of aromatic nitrogens is 1. The molecule has 0 amide bonds. The Bertz CT molecular complexity index is 1700. The highest BCUT2D eigenvalue weighted by molar-refractivity contribution is 6.36. The summed E-state index contributed by atoms with van der Waals surface area (Å²) in [7, 11) is 1.75. The van der Waals surface area contributed by atoms with Gasteiger partial charge < -0.3 is 9.30 Å². The van der Waals surface area contributed by atoms with Crippen LogP contribution in [0.5, 0.6) is 5.75 Å². The average Bonchev–Trinajstić information content (AvgIpc) is 3.30. The summed E-state index contributed by atoms with van der Waals surface area (Å²) in [5.41, 5.74) is 9.67. The van der Waals surface area contributed by atoms with Crippen molar-refractivity contribution in [2.45, 2.75) is 52.4 Å². The van der Waals surface area contributed by atoms with Crippen LogP contribution in [0.1, 0.15) is 57.0 Å². The molecule has 36 heavy (non-hydrogen) atoms. The standard InChI is InChI=1S/C33H32ClNO/c1-19-8-9-20-10-12-23(17-21(20)16-19)35-30-26(34)14-15-27(36-7)29(30)28-24-18-22(32(2,3)4)11-13-25(24)33(5,6)31(28)35/h8-18H,1-7H3. The van der Waals surface area contributed by atoms with E-state index in [0.29, 0.717) is 0 Å². The molecule has 2 nitrogen and oxygen atoms in total. The maximum absolute atomic E-state index is 7.00. The monoisotopic (exact) mass is 493 g/mol. The number of hydrogen-bond donors (Lipinski definition) is 0. The molecule has 0 atom stereocenters. The van der Waals surface area contributed by atoms with E-state index in [1.165, 1.54) is 44.3 Å². The SMILES string of the molecule is COc1ccc(Cl)c2c1c1c(n2-c2ccc3ccc(C)cc3c2)C(C)(C)c2ccc(C(C)(C)C)cc2-1. The summed E-state index contributed by atoms with van der Waals surface area (Å²) < 4.78 is 8.33. The Hall–Kier alpha value is -3.23. The predicted molar refractivity (Wildman–Crippen MR) is 153 cm³/mol. The predicted octanol–water partition coefficient (Wildman–Crippen LogP) is 9.36. The summed E-state index contributed by atoms with van der Waals surface area (Å²) in [6.07, 6.45) is 0. The number of aryl methyl sites for hydroxylation is 1. The van der Waals surface area contributed by atoms with Crippen LogP contribution in [0.4, 0.5) is 0 Å². The minimum atomic E-state index is -0.212. The first kappa shape index (κ1) is 23.2. The largest absolute Gasteiger partial charge is 0.496 e. The molecule has 0 saturated carbocycles. The molecular formula is C33H32ClNO. The maximum atomic E-state index is 7.00. The fourth-order valence-corrected chi connectivity index (χ4v) is 6.26. The number of rotatable bonds is 2. The van der Waals surface area contributed by atoms with Crippen molar-refractivity contribution in [3.05, 3.63) is 94.1 Å². The number of nitrogens with zero attached hydrogens (tertiary/aromatic N) is 1. The smallest absolute Gasteiger partial charge is 0.128 e. The summed E-state index contributed by atoms with van der Waals surface area (Å²) in [5, 5.41) is 4.28. The van der Waals surface area contributed by atoms with Gasteiger partial charge in [0.05, 0.1) is 23.0 Å². The van der Waals surface area contributed by atoms with Crippen LogP contribution in [0, 0.1) is 6.92 Å². The Labute approximate surface area is 218 Å². The number of benzene rings is 4. The lowest BCUT2D eigenvalue weighted by atomic mass is 9.81. The van der Waals surface area contributed by atoms with Gasteiger partial charge in [0.25, 0.3) is 0 Å². The van der Waals surface area contributed by atoms with E-state index in [0.717, 1.165) is 27.4 Å². The van der Waals surface area contributed by atoms with E-state index < -0.39 is 0 Å². The van der Waals surface area contributed by atoms with E-state index in [9.17, 15) is 0 Å². The van der Waals surface area contributed by atoms with Crippen molar-refractivity contribution in [1.29, 1.82) is 0 Å². The topological polar surface area (TPSA) is 14.2 Å². The van der Waals surface area contributed by atoms with E-state index in [1.807, 2.05) is 12.1 Å². The molecule has 1 aliphatic carbocycles. The molecule has 6 rings (SSSR count). The van der Waals surface area contributed by atoms with Gasteiger partial charge in [0.15, 0.2) is 0 Å². The number of fused-ring (bicyclic) bond motifs is 6. The number of ether oxygens (including phenoxy) is 1. The van der Waals surface area contributed by atoms with Crippen LogP contribution in [0.15, 0.2) is 66.7 Å². The van der Waals surface area contributed by atoms with Gasteiger partial charge in [-0.3, -0.25) is 0 Å². The molecule has 4 aromatic carbocycles. The van der Waals surface area contributed by atoms with Crippen LogP contribution in [-0.4, -0.2) is 11.7 Å². The highest BCUT2D eigenvalue weighted by atomic mass is 35.5. The Balaban J connectivity index is 1.79. The Kier molecular flexibility index (Phi) is 4.92. The Morgan fingerprint density at radius 3 is 2.33 bits per heavy atom. The van der Waals surface area contributed by atoms with Gasteiger partial charge >= 0.3 is 0 Å². The van der Waals surface area contributed by atoms with Crippen molar-refractivity contribution in [2.24, 2.45) is 0 Å². The fourth-order valence-electron chi connectivity index (χ4n) is 6.01. The molecule has 182 valence electrons. The second kappa shape index (κ2) is 7.63. The van der Waals surface area contributed by atoms with Crippen LogP contribution in [0.2, 0.25) is 5.02 Å². The van der Waals surface area contributed by atoms with Crippen molar-refractivity contribution in [1.82, 2.24) is 4.57 Å². The molecular weight excluding hydrogens is 462 g/mol. The third kappa shape index (κ3) is 3.17. The van der Waals surface area contributed by atoms with Crippen LogP contribution < -0.4 is 4.74 Å². The van der Waals surface area contributed by atoms with E-state index >= 15 is 0 Å². The van der Waals surface area contributed by atoms with E-state index in [-0.39, 0.29) is 10.8 Å². The molecule has 0 saturated heterocycles. The van der Waals surface area contributed by atoms with Gasteiger partial charge in [0, 0.05) is 22.4 Å². The first-order valence-electron chi connectivity index (χ1n) is 12.6. The second-order valence-electron chi connectivity index (χ2n) is 11.7. The van der Waals surface area contributed by atoms with Crippen molar-refractivity contribution in [3.63, 3.8) is 0 Å². The van der Waals surface area contributed by atoms with Crippen molar-refractivity contribution in [2.75, 3.05) is 7.11 Å². The highest BCUT2D eigenvalue weighted by Gasteiger charge is 2.42. The van der Waals surface area contributed by atoms with Gasteiger partial charge in [-0.05, 0) is 64.1 Å². The number of hydrogen-bond acceptors (Lipinski definition) is 1. The molecule has 0 spiro atoms. The molecule has 0 N–H and O–H groups in total. The second-order valence-corrected chi connectivity index (χ2v) is 12.1. The number of methoxy groups -OCH3 is 1. The first-order valence-corrected chi connectivity index (χ1v) is 13.0. The fraction of sp³-hybridized carbons (Fsp3) is 0.273. The van der Waals surface area contributed by atoms with Gasteiger partial charge in [-0.25, -0.2) is 0 Å². The lowest BCUT2D eigenvalue weighted by Crippen LogP contribution is -2.20. The van der Waals surface area contributed by atoms with Crippen LogP contribution >= 0.6 is 11.6 Å². The van der Waals surface area contributed by atoms with E-state index in [1.54, 1.807) is 7.11 Å². The minimum Gasteiger partial charge on any atom is -0.496 e. The van der Waals surface area contributed by atoms with Gasteiger partial charge in [-0.15, -0.1) is 0 Å². The molecule has 1 aliphatic rings. The normalized spacial score (nSPS) is 14.3. The number of halogens is 1. The molecule has 3 heteroatoms. The third-order valence-electron chi connectivity index (χ3n) is 7.90. The molecule has 1 heterocycles. The van der Waals surface area contributed by atoms with Gasteiger partial charge in [0.1, 0.15) is 5.75 Å². The molecule has 5 aromatic rings. The summed E-state index contributed by atoms with van der Waals surface area (Å²) in [5.74, 6) is 0.853. The van der Waals surface area contributed by atoms with Gasteiger partial charge in [-0.2, -0.15) is 0 Å². The summed E-state index contributed by atoms with van der Waals surface area (Å²) in [4.78, 5) is 0. The summed E-state index contributed by atoms with van der Waals surface area (Å²) in [6.45, 7) is 13.6. The van der Waals surface area contributed by atoms with Crippen molar-refractivity contribution < 1.29 is 4.74 Å². The molecule has 0 radical (unpaired) electrons. The van der Waals surface area contributed by atoms with Crippen LogP contribution in [0.3, 0.4) is 0 Å². The molecule has 1 aromatic heterocycles. The zero-order valence-corrected chi connectivity index (χ0v) is 22.8. The lowest BCUT2D eigenvalue weighted by molar-refractivity contribution is 0.420. The van der Waals surface area contributed by atoms with Crippen molar-refractivity contribution >= 4 is 33.3 Å². The maximum Gasteiger partial charge on any atom is 0.128 e. The highest BCUT2D eigenvalue weighted by Crippen LogP contribution is 2.56. The van der Waals surface area contributed by atoms with E-state index in [2.05, 4.69) is 101 Å². The summed E-state index contributed by atoms with van der Waals surface area (Å²) >= 11 is 7.00. The summed E-state index contributed by atoms with van der Waals surface area (Å²) in [6, 6.07) is 24.3. The Morgan fingerprint density at radius 2 is 1.61 bits per heavy atom. The van der Waals surface area contributed by atoms with E-state index in [4.69, 9.17) is 16.3 Å². The third-order valence-corrected chi connectivity index (χ3v) is 8.21. The average molecular weight is 494 g/mol. The van der Waals surface area contributed by atoms with Crippen LogP contribution in [-0.2, 0) is 10.8 Å². The first-order chi connectivity index (χ1) is 17.0. The molecule has 0 unspecified atom stereocenters. The molecule has 0 aliphatic heterocycles.